The van der Waals surface area contributed by atoms with Crippen molar-refractivity contribution < 1.29 is 40.3 Å². The van der Waals surface area contributed by atoms with Crippen molar-refractivity contribution in [3.8, 4) is 0 Å². The first-order chi connectivity index (χ1) is 18.5. The number of allylic oxidation sites excluding steroid dienone is 4. The maximum absolute atomic E-state index is 13.7. The number of ketones is 1. The fraction of sp³-hybridized carbons (Fsp3) is 0.621. The molecule has 0 aromatic heterocycles. The van der Waals surface area contributed by atoms with Gasteiger partial charge in [-0.2, -0.15) is 22.0 Å². The monoisotopic (exact) mass is 589 g/mol. The Kier molecular flexibility index (Phi) is 8.44. The van der Waals surface area contributed by atoms with Crippen molar-refractivity contribution in [3.63, 3.8) is 0 Å². The van der Waals surface area contributed by atoms with Gasteiger partial charge in [-0.05, 0) is 90.7 Å². The van der Waals surface area contributed by atoms with Gasteiger partial charge in [0.1, 0.15) is 0 Å². The third-order valence-electron chi connectivity index (χ3n) is 9.09. The van der Waals surface area contributed by atoms with Gasteiger partial charge in [0, 0.05) is 39.5 Å². The number of carbonyl (C=O) groups is 1. The summed E-state index contributed by atoms with van der Waals surface area (Å²) in [5, 5.41) is 10.6. The molecule has 11 heteroatoms. The van der Waals surface area contributed by atoms with Crippen LogP contribution in [-0.2, 0) is 14.8 Å². The number of benzene rings is 1. The second-order valence-electron chi connectivity index (χ2n) is 11.8. The maximum Gasteiger partial charge on any atom is 0.453 e. The zero-order valence-corrected chi connectivity index (χ0v) is 23.7. The molecule has 5 nitrogen and oxygen atoms in total. The van der Waals surface area contributed by atoms with Gasteiger partial charge in [0.05, 0.1) is 4.90 Å². The third-order valence-corrected chi connectivity index (χ3v) is 10.9. The predicted octanol–water partition coefficient (Wildman–Crippen LogP) is 6.40. The Bertz CT molecular complexity index is 1300. The second-order valence-corrected chi connectivity index (χ2v) is 14.0. The minimum Gasteiger partial charge on any atom is -0.396 e. The van der Waals surface area contributed by atoms with Crippen LogP contribution < -0.4 is 0 Å². The highest BCUT2D eigenvalue weighted by Crippen LogP contribution is 2.60. The molecule has 1 aromatic carbocycles. The molecule has 222 valence electrons. The van der Waals surface area contributed by atoms with Crippen LogP contribution in [0.2, 0.25) is 0 Å². The summed E-state index contributed by atoms with van der Waals surface area (Å²) < 4.78 is 92.3. The van der Waals surface area contributed by atoms with Crippen molar-refractivity contribution in [3.05, 3.63) is 52.6 Å². The summed E-state index contributed by atoms with van der Waals surface area (Å²) in [5.74, 6) is -5.46. The summed E-state index contributed by atoms with van der Waals surface area (Å²) in [6.45, 7) is 1.59. The van der Waals surface area contributed by atoms with Crippen LogP contribution in [-0.4, -0.2) is 56.4 Å². The van der Waals surface area contributed by atoms with Crippen LogP contribution in [0.15, 0.2) is 52.0 Å². The molecule has 3 aliphatic carbocycles. The topological polar surface area (TPSA) is 74.7 Å². The lowest BCUT2D eigenvalue weighted by Gasteiger charge is -2.53. The van der Waals surface area contributed by atoms with Crippen LogP contribution in [0.4, 0.5) is 22.0 Å². The predicted molar refractivity (Wildman–Crippen MR) is 140 cm³/mol. The molecular formula is C29H36F5NO4S. The van der Waals surface area contributed by atoms with Crippen molar-refractivity contribution in [1.82, 2.24) is 4.31 Å². The number of fused-ring (bicyclic) bond motifs is 2. The Morgan fingerprint density at radius 2 is 1.70 bits per heavy atom. The van der Waals surface area contributed by atoms with E-state index in [0.717, 1.165) is 26.6 Å². The highest BCUT2D eigenvalue weighted by molar-refractivity contribution is 7.89. The number of carbonyl (C=O) groups excluding carboxylic acids is 1. The van der Waals surface area contributed by atoms with Crippen molar-refractivity contribution >= 4 is 15.8 Å². The molecule has 0 saturated heterocycles. The zero-order chi connectivity index (χ0) is 29.7. The minimum atomic E-state index is -5.61. The van der Waals surface area contributed by atoms with Crippen LogP contribution in [0.5, 0.6) is 0 Å². The summed E-state index contributed by atoms with van der Waals surface area (Å²) in [6, 6.07) is 6.58. The molecule has 4 rings (SSSR count). The van der Waals surface area contributed by atoms with Gasteiger partial charge in [0.15, 0.2) is 5.78 Å². The van der Waals surface area contributed by atoms with E-state index in [4.69, 9.17) is 0 Å². The van der Waals surface area contributed by atoms with E-state index >= 15 is 0 Å². The molecule has 0 amide bonds. The third kappa shape index (κ3) is 5.66. The maximum atomic E-state index is 13.7. The Labute approximate surface area is 232 Å². The number of hydrogen-bond donors (Lipinski definition) is 1. The Hall–Kier alpha value is -2.11. The average molecular weight is 590 g/mol. The summed E-state index contributed by atoms with van der Waals surface area (Å²) in [7, 11) is -0.762. The molecule has 40 heavy (non-hydrogen) atoms. The van der Waals surface area contributed by atoms with Crippen molar-refractivity contribution in [2.24, 2.45) is 17.3 Å². The Balaban J connectivity index is 1.74. The standard InChI is InChI=1S/C29H36F5NO4S/c1-27(17-36)16-24(18-6-10-21(11-7-18)40(38,39)35(2)3)26-22-13-9-20(37)15-19(22)8-12-23(26)25(27)5-4-14-28(30,31)29(32,33)34/h6-7,10-11,15,23-25,36H,4-5,8-9,12-14,16-17H2,1-3H3/t23?,24-,25?,27-/m1/s1. The number of aliphatic hydroxyl groups excluding tert-OH is 1. The van der Waals surface area contributed by atoms with E-state index < -0.39 is 34.0 Å². The number of alkyl halides is 5. The smallest absolute Gasteiger partial charge is 0.396 e. The number of halogens is 5. The molecule has 4 atom stereocenters. The molecule has 1 fully saturated rings. The first kappa shape index (κ1) is 30.8. The largest absolute Gasteiger partial charge is 0.453 e. The summed E-state index contributed by atoms with van der Waals surface area (Å²) in [6.07, 6.45) is -3.03. The Morgan fingerprint density at radius 1 is 1.05 bits per heavy atom. The number of sulfonamides is 1. The highest BCUT2D eigenvalue weighted by Gasteiger charge is 2.57. The van der Waals surface area contributed by atoms with Crippen molar-refractivity contribution in [1.29, 1.82) is 0 Å². The van der Waals surface area contributed by atoms with Crippen LogP contribution in [0, 0.1) is 17.3 Å². The van der Waals surface area contributed by atoms with Gasteiger partial charge in [-0.3, -0.25) is 4.79 Å². The number of nitrogens with zero attached hydrogens (tertiary/aromatic N) is 1. The minimum absolute atomic E-state index is 0.0366. The number of rotatable bonds is 8. The fourth-order valence-electron chi connectivity index (χ4n) is 6.90. The van der Waals surface area contributed by atoms with Crippen LogP contribution in [0.25, 0.3) is 0 Å². The average Bonchev–Trinajstić information content (AvgIpc) is 2.88. The molecule has 3 aliphatic rings. The van der Waals surface area contributed by atoms with E-state index in [1.165, 1.54) is 26.2 Å². The first-order valence-electron chi connectivity index (χ1n) is 13.6. The van der Waals surface area contributed by atoms with Gasteiger partial charge < -0.3 is 5.11 Å². The molecule has 1 saturated carbocycles. The van der Waals surface area contributed by atoms with Gasteiger partial charge in [0.2, 0.25) is 10.0 Å². The van der Waals surface area contributed by atoms with E-state index in [1.54, 1.807) is 18.2 Å². The highest BCUT2D eigenvalue weighted by atomic mass is 32.2. The molecular weight excluding hydrogens is 553 g/mol. The lowest BCUT2D eigenvalue weighted by Crippen LogP contribution is -2.45. The quantitative estimate of drug-likeness (QED) is 0.356. The number of hydrogen-bond acceptors (Lipinski definition) is 4. The van der Waals surface area contributed by atoms with E-state index in [1.807, 2.05) is 6.92 Å². The number of aliphatic hydroxyl groups is 1. The lowest BCUT2D eigenvalue weighted by molar-refractivity contribution is -0.284. The molecule has 0 aliphatic heterocycles. The van der Waals surface area contributed by atoms with Crippen molar-refractivity contribution in [2.45, 2.75) is 81.2 Å². The first-order valence-corrected chi connectivity index (χ1v) is 15.0. The van der Waals surface area contributed by atoms with E-state index in [-0.39, 0.29) is 47.9 Å². The molecule has 2 unspecified atom stereocenters. The summed E-state index contributed by atoms with van der Waals surface area (Å²) in [5.41, 5.74) is 3.11. The SMILES string of the molecule is CN(C)S(=O)(=O)c1ccc([C@H]2C[C@](C)(CO)C(CCCC(F)(F)C(F)(F)F)C3CCC4=CC(=O)CCC4=C32)cc1. The van der Waals surface area contributed by atoms with Crippen LogP contribution >= 0.6 is 0 Å². The normalized spacial score (nSPS) is 27.9. The van der Waals surface area contributed by atoms with Gasteiger partial charge in [-0.25, -0.2) is 12.7 Å². The van der Waals surface area contributed by atoms with E-state index in [0.29, 0.717) is 32.1 Å². The van der Waals surface area contributed by atoms with Crippen LogP contribution in [0.3, 0.4) is 0 Å². The van der Waals surface area contributed by atoms with Crippen LogP contribution in [0.1, 0.15) is 69.8 Å². The lowest BCUT2D eigenvalue weighted by atomic mass is 9.52. The van der Waals surface area contributed by atoms with Gasteiger partial charge in [0.25, 0.3) is 0 Å². The zero-order valence-electron chi connectivity index (χ0n) is 22.9. The Morgan fingerprint density at radius 3 is 2.27 bits per heavy atom. The van der Waals surface area contributed by atoms with Gasteiger partial charge >= 0.3 is 12.1 Å². The fourth-order valence-corrected chi connectivity index (χ4v) is 7.80. The molecule has 0 spiro atoms. The van der Waals surface area contributed by atoms with E-state index in [9.17, 15) is 40.3 Å². The van der Waals surface area contributed by atoms with Gasteiger partial charge in [-0.15, -0.1) is 0 Å². The summed E-state index contributed by atoms with van der Waals surface area (Å²) >= 11 is 0. The van der Waals surface area contributed by atoms with Gasteiger partial charge in [-0.1, -0.05) is 24.6 Å². The van der Waals surface area contributed by atoms with E-state index in [2.05, 4.69) is 0 Å². The molecule has 0 heterocycles. The molecule has 0 bridgehead atoms. The molecule has 1 N–H and O–H groups in total. The van der Waals surface area contributed by atoms with Crippen molar-refractivity contribution in [2.75, 3.05) is 20.7 Å². The molecule has 0 radical (unpaired) electrons. The summed E-state index contributed by atoms with van der Waals surface area (Å²) in [4.78, 5) is 12.3. The molecule has 1 aromatic rings. The second kappa shape index (κ2) is 10.9.